The SMILES string of the molecule is CN1CCN(CCCN(c2nc3cc(Cl)c(F)cc3[nH]2)C2CC[C@]3(c4cccc(C#N)c4)CC23)CC1. The predicted molar refractivity (Wildman–Crippen MR) is 141 cm³/mol. The lowest BCUT2D eigenvalue weighted by atomic mass is 9.92. The zero-order valence-electron chi connectivity index (χ0n) is 20.7. The number of rotatable bonds is 7. The number of imidazole rings is 1. The van der Waals surface area contributed by atoms with Crippen LogP contribution in [0.3, 0.4) is 0 Å². The first kappa shape index (κ1) is 23.7. The molecule has 0 amide bonds. The molecule has 6 rings (SSSR count). The lowest BCUT2D eigenvalue weighted by Gasteiger charge is -2.34. The zero-order chi connectivity index (χ0) is 24.9. The molecule has 3 aliphatic rings. The maximum absolute atomic E-state index is 14.1. The topological polar surface area (TPSA) is 62.2 Å². The fourth-order valence-corrected chi connectivity index (χ4v) is 6.73. The molecule has 1 aromatic heterocycles. The summed E-state index contributed by atoms with van der Waals surface area (Å²) in [6.45, 7) is 6.44. The van der Waals surface area contributed by atoms with E-state index in [0.717, 1.165) is 76.5 Å². The summed E-state index contributed by atoms with van der Waals surface area (Å²) in [6.07, 6.45) is 4.40. The Labute approximate surface area is 216 Å². The first-order chi connectivity index (χ1) is 17.5. The molecule has 36 heavy (non-hydrogen) atoms. The van der Waals surface area contributed by atoms with E-state index in [1.165, 1.54) is 11.6 Å². The highest BCUT2D eigenvalue weighted by molar-refractivity contribution is 6.31. The second-order valence-corrected chi connectivity index (χ2v) is 11.2. The van der Waals surface area contributed by atoms with Crippen LogP contribution in [-0.4, -0.2) is 72.1 Å². The number of nitriles is 1. The number of fused-ring (bicyclic) bond motifs is 2. The molecule has 0 radical (unpaired) electrons. The van der Waals surface area contributed by atoms with Gasteiger partial charge in [0.05, 0.1) is 27.7 Å². The van der Waals surface area contributed by atoms with Crippen LogP contribution in [0.15, 0.2) is 36.4 Å². The van der Waals surface area contributed by atoms with Crippen molar-refractivity contribution >= 4 is 28.6 Å². The van der Waals surface area contributed by atoms with E-state index in [1.54, 1.807) is 6.07 Å². The largest absolute Gasteiger partial charge is 0.339 e. The van der Waals surface area contributed by atoms with Crippen LogP contribution in [0.25, 0.3) is 11.0 Å². The summed E-state index contributed by atoms with van der Waals surface area (Å²) in [4.78, 5) is 15.6. The molecule has 8 heteroatoms. The average molecular weight is 507 g/mol. The molecular formula is C28H32ClFN6. The van der Waals surface area contributed by atoms with Crippen LogP contribution in [0.2, 0.25) is 5.02 Å². The Morgan fingerprint density at radius 2 is 2.08 bits per heavy atom. The summed E-state index contributed by atoms with van der Waals surface area (Å²) in [5.74, 6) is 0.910. The van der Waals surface area contributed by atoms with E-state index >= 15 is 0 Å². The molecule has 2 aliphatic carbocycles. The van der Waals surface area contributed by atoms with Crippen molar-refractivity contribution < 1.29 is 4.39 Å². The van der Waals surface area contributed by atoms with E-state index in [9.17, 15) is 9.65 Å². The van der Waals surface area contributed by atoms with Crippen molar-refractivity contribution in [3.05, 3.63) is 58.4 Å². The van der Waals surface area contributed by atoms with E-state index in [1.807, 2.05) is 12.1 Å². The summed E-state index contributed by atoms with van der Waals surface area (Å²) in [5, 5.41) is 9.50. The molecule has 3 fully saturated rings. The van der Waals surface area contributed by atoms with Crippen LogP contribution in [0, 0.1) is 23.1 Å². The number of nitrogens with zero attached hydrogens (tertiary/aromatic N) is 5. The monoisotopic (exact) mass is 506 g/mol. The van der Waals surface area contributed by atoms with Gasteiger partial charge in [0.25, 0.3) is 0 Å². The molecule has 1 saturated heterocycles. The highest BCUT2D eigenvalue weighted by Crippen LogP contribution is 2.65. The summed E-state index contributed by atoms with van der Waals surface area (Å²) < 4.78 is 14.1. The van der Waals surface area contributed by atoms with Crippen molar-refractivity contribution in [3.8, 4) is 6.07 Å². The van der Waals surface area contributed by atoms with E-state index in [2.05, 4.69) is 44.9 Å². The van der Waals surface area contributed by atoms with Gasteiger partial charge in [-0.1, -0.05) is 23.7 Å². The summed E-state index contributed by atoms with van der Waals surface area (Å²) in [5.41, 5.74) is 3.57. The number of piperazine rings is 1. The Kier molecular flexibility index (Phi) is 6.15. The van der Waals surface area contributed by atoms with Crippen molar-refractivity contribution in [1.29, 1.82) is 5.26 Å². The number of likely N-dealkylation sites (N-methyl/N-ethyl adjacent to an activating group) is 1. The van der Waals surface area contributed by atoms with E-state index in [0.29, 0.717) is 23.0 Å². The van der Waals surface area contributed by atoms with Gasteiger partial charge in [-0.2, -0.15) is 5.26 Å². The zero-order valence-corrected chi connectivity index (χ0v) is 21.4. The van der Waals surface area contributed by atoms with Gasteiger partial charge >= 0.3 is 0 Å². The van der Waals surface area contributed by atoms with Crippen LogP contribution in [-0.2, 0) is 5.41 Å². The standard InChI is InChI=1S/C28H32ClFN6/c1-34-10-12-35(13-11-34)8-3-9-36(27-32-24-15-22(29)23(30)16-25(24)33-27)26-6-7-28(17-21(26)28)20-5-2-4-19(14-20)18-31/h2,4-5,14-16,21,26H,3,6-13,17H2,1H3,(H,32,33)/t21?,26?,28-/m1/s1. The Balaban J connectivity index is 1.25. The minimum atomic E-state index is -0.430. The van der Waals surface area contributed by atoms with Gasteiger partial charge in [-0.15, -0.1) is 0 Å². The number of H-pyrrole nitrogens is 1. The second kappa shape index (κ2) is 9.33. The quantitative estimate of drug-likeness (QED) is 0.499. The van der Waals surface area contributed by atoms with Crippen LogP contribution < -0.4 is 4.90 Å². The molecule has 1 aliphatic heterocycles. The summed E-state index contributed by atoms with van der Waals surface area (Å²) >= 11 is 6.05. The first-order valence-electron chi connectivity index (χ1n) is 13.0. The minimum Gasteiger partial charge on any atom is -0.339 e. The maximum Gasteiger partial charge on any atom is 0.204 e. The fraction of sp³-hybridized carbons (Fsp3) is 0.500. The van der Waals surface area contributed by atoms with Gasteiger partial charge < -0.3 is 19.7 Å². The van der Waals surface area contributed by atoms with Gasteiger partial charge in [-0.05, 0) is 69.0 Å². The van der Waals surface area contributed by atoms with Gasteiger partial charge in [-0.25, -0.2) is 9.37 Å². The Morgan fingerprint density at radius 3 is 2.86 bits per heavy atom. The average Bonchev–Trinajstić information content (AvgIpc) is 3.31. The number of aromatic amines is 1. The van der Waals surface area contributed by atoms with E-state index in [-0.39, 0.29) is 10.4 Å². The van der Waals surface area contributed by atoms with Crippen LogP contribution in [0.4, 0.5) is 10.3 Å². The van der Waals surface area contributed by atoms with Crippen molar-refractivity contribution in [3.63, 3.8) is 0 Å². The van der Waals surface area contributed by atoms with Crippen LogP contribution in [0.1, 0.15) is 36.8 Å². The number of aromatic nitrogens is 2. The van der Waals surface area contributed by atoms with Gasteiger partial charge in [0.2, 0.25) is 5.95 Å². The number of benzene rings is 2. The van der Waals surface area contributed by atoms with E-state index < -0.39 is 5.82 Å². The van der Waals surface area contributed by atoms with E-state index in [4.69, 9.17) is 16.6 Å². The molecule has 3 aromatic rings. The number of hydrogen-bond acceptors (Lipinski definition) is 5. The van der Waals surface area contributed by atoms with Crippen molar-refractivity contribution in [1.82, 2.24) is 19.8 Å². The van der Waals surface area contributed by atoms with Crippen molar-refractivity contribution in [2.75, 3.05) is 51.2 Å². The summed E-state index contributed by atoms with van der Waals surface area (Å²) in [6, 6.07) is 13.9. The second-order valence-electron chi connectivity index (χ2n) is 10.8. The van der Waals surface area contributed by atoms with Gasteiger partial charge in [0.15, 0.2) is 0 Å². The third-order valence-corrected chi connectivity index (χ3v) is 8.99. The predicted octanol–water partition coefficient (Wildman–Crippen LogP) is 4.79. The molecule has 3 atom stereocenters. The van der Waals surface area contributed by atoms with Crippen molar-refractivity contribution in [2.24, 2.45) is 5.92 Å². The molecule has 0 spiro atoms. The van der Waals surface area contributed by atoms with Crippen molar-refractivity contribution in [2.45, 2.75) is 37.1 Å². The van der Waals surface area contributed by atoms with Crippen LogP contribution >= 0.6 is 11.6 Å². The summed E-state index contributed by atoms with van der Waals surface area (Å²) in [7, 11) is 2.18. The highest BCUT2D eigenvalue weighted by atomic mass is 35.5. The molecule has 1 N–H and O–H groups in total. The fourth-order valence-electron chi connectivity index (χ4n) is 6.57. The molecule has 2 saturated carbocycles. The normalized spacial score (nSPS) is 26.2. The Bertz CT molecular complexity index is 1270. The third kappa shape index (κ3) is 4.26. The molecule has 6 nitrogen and oxygen atoms in total. The third-order valence-electron chi connectivity index (χ3n) is 8.70. The molecule has 2 unspecified atom stereocenters. The van der Waals surface area contributed by atoms with Gasteiger partial charge in [0, 0.05) is 50.2 Å². The number of nitrogens with one attached hydrogen (secondary N) is 1. The first-order valence-corrected chi connectivity index (χ1v) is 13.4. The number of halogens is 2. The van der Waals surface area contributed by atoms with Gasteiger partial charge in [0.1, 0.15) is 5.82 Å². The Morgan fingerprint density at radius 1 is 1.25 bits per heavy atom. The smallest absolute Gasteiger partial charge is 0.204 e. The minimum absolute atomic E-state index is 0.0987. The maximum atomic E-state index is 14.1. The lowest BCUT2D eigenvalue weighted by Crippen LogP contribution is -2.45. The molecule has 188 valence electrons. The Hall–Kier alpha value is -2.66. The highest BCUT2D eigenvalue weighted by Gasteiger charge is 2.63. The molecule has 2 heterocycles. The lowest BCUT2D eigenvalue weighted by molar-refractivity contribution is 0.153. The molecule has 0 bridgehead atoms. The van der Waals surface area contributed by atoms with Crippen LogP contribution in [0.5, 0.6) is 0 Å². The number of hydrogen-bond donors (Lipinski definition) is 1. The number of anilines is 1. The van der Waals surface area contributed by atoms with Gasteiger partial charge in [-0.3, -0.25) is 0 Å². The molecular weight excluding hydrogens is 475 g/mol. The molecule has 2 aromatic carbocycles.